The van der Waals surface area contributed by atoms with Crippen LogP contribution in [0.5, 0.6) is 0 Å². The molecular formula is C12H21N5O. The molecule has 0 aliphatic heterocycles. The molecule has 0 radical (unpaired) electrons. The monoisotopic (exact) mass is 251 g/mol. The number of amides is 1. The highest BCUT2D eigenvalue weighted by atomic mass is 16.1. The number of hydrogen-bond acceptors (Lipinski definition) is 5. The zero-order chi connectivity index (χ0) is 13.7. The van der Waals surface area contributed by atoms with Crippen molar-refractivity contribution in [3.05, 3.63) is 11.9 Å². The number of nitrogens with one attached hydrogen (secondary N) is 2. The summed E-state index contributed by atoms with van der Waals surface area (Å²) < 4.78 is 0. The Morgan fingerprint density at radius 3 is 2.44 bits per heavy atom. The van der Waals surface area contributed by atoms with Crippen LogP contribution in [0.1, 0.15) is 39.2 Å². The number of primary amides is 1. The predicted octanol–water partition coefficient (Wildman–Crippen LogP) is 1.32. The Balaban J connectivity index is 3.10. The Labute approximate surface area is 107 Å². The lowest BCUT2D eigenvalue weighted by atomic mass is 10.0. The van der Waals surface area contributed by atoms with E-state index in [2.05, 4.69) is 34.4 Å². The van der Waals surface area contributed by atoms with Gasteiger partial charge in [0.25, 0.3) is 0 Å². The van der Waals surface area contributed by atoms with Gasteiger partial charge >= 0.3 is 0 Å². The lowest BCUT2D eigenvalue weighted by molar-refractivity contribution is -0.118. The summed E-state index contributed by atoms with van der Waals surface area (Å²) in [7, 11) is 0. The molecule has 1 unspecified atom stereocenters. The number of carbonyl (C=O) groups excluding carboxylic acids is 1. The minimum Gasteiger partial charge on any atom is -0.370 e. The lowest BCUT2D eigenvalue weighted by Gasteiger charge is -2.19. The number of rotatable bonds is 6. The van der Waals surface area contributed by atoms with Crippen molar-refractivity contribution in [2.24, 2.45) is 5.73 Å². The molecule has 0 saturated carbocycles. The molecule has 1 aromatic heterocycles. The minimum absolute atomic E-state index is 0.239. The average Bonchev–Trinajstić information content (AvgIpc) is 2.29. The fourth-order valence-corrected chi connectivity index (χ4v) is 1.64. The molecule has 6 nitrogen and oxygen atoms in total. The molecule has 100 valence electrons. The Bertz CT molecular complexity index is 419. The molecule has 1 aromatic rings. The third-order valence-electron chi connectivity index (χ3n) is 2.59. The molecule has 1 heterocycles. The fourth-order valence-electron chi connectivity index (χ4n) is 1.64. The minimum atomic E-state index is -0.466. The molecule has 1 amide bonds. The van der Waals surface area contributed by atoms with Crippen molar-refractivity contribution in [2.45, 2.75) is 39.7 Å². The van der Waals surface area contributed by atoms with E-state index in [1.165, 1.54) is 6.33 Å². The summed E-state index contributed by atoms with van der Waals surface area (Å²) in [5, 5.41) is 6.22. The second-order valence-corrected chi connectivity index (χ2v) is 4.44. The van der Waals surface area contributed by atoms with Gasteiger partial charge in [-0.3, -0.25) is 4.79 Å². The maximum absolute atomic E-state index is 11.1. The highest BCUT2D eigenvalue weighted by Gasteiger charge is 2.17. The lowest BCUT2D eigenvalue weighted by Crippen LogP contribution is -2.33. The summed E-state index contributed by atoms with van der Waals surface area (Å²) >= 11 is 0. The zero-order valence-corrected chi connectivity index (χ0v) is 11.3. The third-order valence-corrected chi connectivity index (χ3v) is 2.59. The molecule has 0 saturated heterocycles. The molecule has 18 heavy (non-hydrogen) atoms. The van der Waals surface area contributed by atoms with Crippen LogP contribution in [0.4, 0.5) is 11.6 Å². The van der Waals surface area contributed by atoms with Crippen LogP contribution in [-0.4, -0.2) is 28.5 Å². The third kappa shape index (κ3) is 3.32. The highest BCUT2D eigenvalue weighted by molar-refractivity contribution is 5.82. The van der Waals surface area contributed by atoms with E-state index in [0.29, 0.717) is 5.82 Å². The van der Waals surface area contributed by atoms with E-state index in [9.17, 15) is 4.79 Å². The second-order valence-electron chi connectivity index (χ2n) is 4.44. The van der Waals surface area contributed by atoms with Crippen LogP contribution in [0.25, 0.3) is 0 Å². The molecule has 1 atom stereocenters. The first-order valence-electron chi connectivity index (χ1n) is 6.12. The zero-order valence-electron chi connectivity index (χ0n) is 11.3. The topological polar surface area (TPSA) is 92.9 Å². The van der Waals surface area contributed by atoms with Gasteiger partial charge in [0, 0.05) is 12.1 Å². The highest BCUT2D eigenvalue weighted by Crippen LogP contribution is 2.28. The van der Waals surface area contributed by atoms with E-state index >= 15 is 0 Å². The van der Waals surface area contributed by atoms with Gasteiger partial charge in [0.1, 0.15) is 24.0 Å². The fraction of sp³-hybridized carbons (Fsp3) is 0.583. The van der Waals surface area contributed by atoms with Gasteiger partial charge in [-0.05, 0) is 19.8 Å². The van der Waals surface area contributed by atoms with E-state index in [0.717, 1.165) is 17.9 Å². The summed E-state index contributed by atoms with van der Waals surface area (Å²) in [6, 6.07) is -0.466. The van der Waals surface area contributed by atoms with Gasteiger partial charge in [-0.2, -0.15) is 0 Å². The van der Waals surface area contributed by atoms with Gasteiger partial charge in [0.15, 0.2) is 0 Å². The van der Waals surface area contributed by atoms with E-state index in [4.69, 9.17) is 5.73 Å². The predicted molar refractivity (Wildman–Crippen MR) is 72.6 cm³/mol. The molecule has 0 aliphatic carbocycles. The number of carbonyl (C=O) groups is 1. The van der Waals surface area contributed by atoms with Crippen molar-refractivity contribution in [3.63, 3.8) is 0 Å². The number of nitrogens with zero attached hydrogens (tertiary/aromatic N) is 2. The van der Waals surface area contributed by atoms with E-state index in [-0.39, 0.29) is 5.92 Å². The number of hydrogen-bond donors (Lipinski definition) is 3. The second kappa shape index (κ2) is 6.18. The average molecular weight is 251 g/mol. The molecule has 1 rings (SSSR count). The van der Waals surface area contributed by atoms with Crippen LogP contribution in [0.15, 0.2) is 6.33 Å². The molecular weight excluding hydrogens is 230 g/mol. The maximum Gasteiger partial charge on any atom is 0.239 e. The Hall–Kier alpha value is -1.85. The van der Waals surface area contributed by atoms with Gasteiger partial charge in [-0.15, -0.1) is 0 Å². The van der Waals surface area contributed by atoms with Crippen LogP contribution >= 0.6 is 0 Å². The SMILES string of the molecule is CCNc1ncnc(NC(C)C(N)=O)c1C(C)C. The van der Waals surface area contributed by atoms with Crippen molar-refractivity contribution >= 4 is 17.5 Å². The van der Waals surface area contributed by atoms with E-state index in [1.807, 2.05) is 6.92 Å². The first-order valence-corrected chi connectivity index (χ1v) is 6.12. The van der Waals surface area contributed by atoms with Crippen LogP contribution < -0.4 is 16.4 Å². The number of nitrogens with two attached hydrogens (primary N) is 1. The Morgan fingerprint density at radius 1 is 1.33 bits per heavy atom. The summed E-state index contributed by atoms with van der Waals surface area (Å²) in [5.74, 6) is 1.28. The van der Waals surface area contributed by atoms with Gasteiger partial charge < -0.3 is 16.4 Å². The Morgan fingerprint density at radius 2 is 1.94 bits per heavy atom. The van der Waals surface area contributed by atoms with Gasteiger partial charge in [0.2, 0.25) is 5.91 Å². The van der Waals surface area contributed by atoms with Crippen LogP contribution in [0.3, 0.4) is 0 Å². The molecule has 4 N–H and O–H groups in total. The van der Waals surface area contributed by atoms with E-state index in [1.54, 1.807) is 6.92 Å². The Kier molecular flexibility index (Phi) is 4.88. The van der Waals surface area contributed by atoms with Crippen molar-refractivity contribution in [1.29, 1.82) is 0 Å². The van der Waals surface area contributed by atoms with Crippen LogP contribution in [0, 0.1) is 0 Å². The van der Waals surface area contributed by atoms with Gasteiger partial charge in [0.05, 0.1) is 0 Å². The first kappa shape index (κ1) is 14.2. The smallest absolute Gasteiger partial charge is 0.239 e. The number of aromatic nitrogens is 2. The van der Waals surface area contributed by atoms with Crippen molar-refractivity contribution in [2.75, 3.05) is 17.2 Å². The molecule has 0 spiro atoms. The van der Waals surface area contributed by atoms with Crippen molar-refractivity contribution in [1.82, 2.24) is 9.97 Å². The van der Waals surface area contributed by atoms with Crippen molar-refractivity contribution < 1.29 is 4.79 Å². The van der Waals surface area contributed by atoms with Crippen LogP contribution in [-0.2, 0) is 4.79 Å². The molecule has 0 aliphatic rings. The summed E-state index contributed by atoms with van der Waals surface area (Å²) in [4.78, 5) is 19.5. The summed E-state index contributed by atoms with van der Waals surface area (Å²) in [6.07, 6.45) is 1.47. The summed E-state index contributed by atoms with van der Waals surface area (Å²) in [6.45, 7) is 8.60. The van der Waals surface area contributed by atoms with Gasteiger partial charge in [-0.25, -0.2) is 9.97 Å². The van der Waals surface area contributed by atoms with Crippen molar-refractivity contribution in [3.8, 4) is 0 Å². The van der Waals surface area contributed by atoms with Crippen LogP contribution in [0.2, 0.25) is 0 Å². The summed E-state index contributed by atoms with van der Waals surface area (Å²) in [5.41, 5.74) is 6.21. The first-order chi connectivity index (χ1) is 8.47. The largest absolute Gasteiger partial charge is 0.370 e. The van der Waals surface area contributed by atoms with Gasteiger partial charge in [-0.1, -0.05) is 13.8 Å². The molecule has 0 fully saturated rings. The molecule has 0 aromatic carbocycles. The molecule has 6 heteroatoms. The quantitative estimate of drug-likeness (QED) is 0.709. The number of anilines is 2. The normalized spacial score (nSPS) is 12.3. The maximum atomic E-state index is 11.1. The molecule has 0 bridgehead atoms. The van der Waals surface area contributed by atoms with E-state index < -0.39 is 11.9 Å². The standard InChI is InChI=1S/C12H21N5O/c1-5-14-11-9(7(2)3)12(16-6-15-11)17-8(4)10(13)18/h6-8H,5H2,1-4H3,(H2,13,18)(H2,14,15,16,17).